The van der Waals surface area contributed by atoms with Gasteiger partial charge in [0.15, 0.2) is 0 Å². The highest BCUT2D eigenvalue weighted by Gasteiger charge is 2.21. The summed E-state index contributed by atoms with van der Waals surface area (Å²) in [5.41, 5.74) is 1.51. The van der Waals surface area contributed by atoms with E-state index in [0.29, 0.717) is 5.56 Å². The minimum Gasteiger partial charge on any atom is -0.393 e. The Kier molecular flexibility index (Phi) is 3.21. The molecule has 0 spiro atoms. The molecule has 5 heteroatoms. The second kappa shape index (κ2) is 5.01. The van der Waals surface area contributed by atoms with Crippen LogP contribution in [0.3, 0.4) is 0 Å². The number of nitrogens with one attached hydrogen (secondary N) is 2. The first-order valence-corrected chi connectivity index (χ1v) is 6.64. The summed E-state index contributed by atoms with van der Waals surface area (Å²) >= 11 is 0. The maximum Gasteiger partial charge on any atom is 0.251 e. The maximum absolute atomic E-state index is 12.2. The van der Waals surface area contributed by atoms with Gasteiger partial charge in [0.05, 0.1) is 17.8 Å². The van der Waals surface area contributed by atoms with Gasteiger partial charge in [-0.1, -0.05) is 6.07 Å². The normalized spacial score (nSPS) is 23.4. The largest absolute Gasteiger partial charge is 0.393 e. The van der Waals surface area contributed by atoms with Gasteiger partial charge in [0.1, 0.15) is 0 Å². The summed E-state index contributed by atoms with van der Waals surface area (Å²) in [5.74, 6) is -0.0575. The minimum atomic E-state index is -0.200. The van der Waals surface area contributed by atoms with Crippen molar-refractivity contribution in [3.63, 3.8) is 0 Å². The number of hydrogen-bond donors (Lipinski definition) is 3. The molecule has 3 N–H and O–H groups in total. The SMILES string of the molecule is O=C(NC1CCC(O)CC1)c1ccc2cn[nH]c2c1. The predicted octanol–water partition coefficient (Wildman–Crippen LogP) is 1.60. The van der Waals surface area contributed by atoms with Crippen LogP contribution in [0.5, 0.6) is 0 Å². The number of carbonyl (C=O) groups is 1. The van der Waals surface area contributed by atoms with E-state index in [4.69, 9.17) is 0 Å². The van der Waals surface area contributed by atoms with Gasteiger partial charge >= 0.3 is 0 Å². The van der Waals surface area contributed by atoms with Crippen LogP contribution in [-0.2, 0) is 0 Å². The van der Waals surface area contributed by atoms with E-state index >= 15 is 0 Å². The molecule has 1 amide bonds. The number of carbonyl (C=O) groups excluding carboxylic acids is 1. The number of aromatic nitrogens is 2. The van der Waals surface area contributed by atoms with Crippen LogP contribution in [0.15, 0.2) is 24.4 Å². The molecule has 0 saturated heterocycles. The molecule has 1 heterocycles. The number of fused-ring (bicyclic) bond motifs is 1. The molecule has 1 aliphatic rings. The summed E-state index contributed by atoms with van der Waals surface area (Å²) < 4.78 is 0. The number of aliphatic hydroxyl groups is 1. The Hall–Kier alpha value is -1.88. The van der Waals surface area contributed by atoms with Gasteiger partial charge in [0.2, 0.25) is 0 Å². The highest BCUT2D eigenvalue weighted by molar-refractivity contribution is 5.97. The summed E-state index contributed by atoms with van der Waals surface area (Å²) in [6.07, 6.45) is 4.77. The first-order chi connectivity index (χ1) is 9.22. The van der Waals surface area contributed by atoms with Crippen molar-refractivity contribution in [3.8, 4) is 0 Å². The zero-order chi connectivity index (χ0) is 13.2. The van der Waals surface area contributed by atoms with Crippen LogP contribution < -0.4 is 5.32 Å². The van der Waals surface area contributed by atoms with Crippen molar-refractivity contribution in [2.45, 2.75) is 37.8 Å². The summed E-state index contributed by atoms with van der Waals surface area (Å²) in [6, 6.07) is 5.69. The number of H-pyrrole nitrogens is 1. The Morgan fingerprint density at radius 3 is 2.89 bits per heavy atom. The number of nitrogens with zero attached hydrogens (tertiary/aromatic N) is 1. The van der Waals surface area contributed by atoms with Crippen LogP contribution in [0.1, 0.15) is 36.0 Å². The second-order valence-corrected chi connectivity index (χ2v) is 5.15. The fraction of sp³-hybridized carbons (Fsp3) is 0.429. The topological polar surface area (TPSA) is 78.0 Å². The Labute approximate surface area is 111 Å². The van der Waals surface area contributed by atoms with E-state index in [1.165, 1.54) is 0 Å². The number of aromatic amines is 1. The van der Waals surface area contributed by atoms with Gasteiger partial charge in [-0.05, 0) is 37.8 Å². The fourth-order valence-electron chi connectivity index (χ4n) is 2.57. The quantitative estimate of drug-likeness (QED) is 0.766. The number of amides is 1. The lowest BCUT2D eigenvalue weighted by Crippen LogP contribution is -2.38. The summed E-state index contributed by atoms with van der Waals surface area (Å²) in [4.78, 5) is 12.2. The zero-order valence-electron chi connectivity index (χ0n) is 10.6. The molecule has 0 aliphatic heterocycles. The average molecular weight is 259 g/mol. The van der Waals surface area contributed by atoms with Crippen molar-refractivity contribution >= 4 is 16.8 Å². The van der Waals surface area contributed by atoms with Crippen molar-refractivity contribution in [1.29, 1.82) is 0 Å². The van der Waals surface area contributed by atoms with Crippen molar-refractivity contribution in [2.24, 2.45) is 0 Å². The van der Waals surface area contributed by atoms with Crippen molar-refractivity contribution in [3.05, 3.63) is 30.0 Å². The molecule has 0 radical (unpaired) electrons. The lowest BCUT2D eigenvalue weighted by molar-refractivity contribution is 0.0868. The van der Waals surface area contributed by atoms with Crippen molar-refractivity contribution in [1.82, 2.24) is 15.5 Å². The molecule has 1 fully saturated rings. The minimum absolute atomic E-state index is 0.0575. The Bertz CT molecular complexity index is 585. The van der Waals surface area contributed by atoms with Gasteiger partial charge in [0, 0.05) is 17.0 Å². The maximum atomic E-state index is 12.2. The number of aliphatic hydroxyl groups excluding tert-OH is 1. The van der Waals surface area contributed by atoms with Crippen LogP contribution in [0.25, 0.3) is 10.9 Å². The van der Waals surface area contributed by atoms with Gasteiger partial charge < -0.3 is 10.4 Å². The molecule has 3 rings (SSSR count). The molecular formula is C14H17N3O2. The fourth-order valence-corrected chi connectivity index (χ4v) is 2.57. The van der Waals surface area contributed by atoms with E-state index in [0.717, 1.165) is 36.6 Å². The van der Waals surface area contributed by atoms with Crippen LogP contribution in [-0.4, -0.2) is 33.4 Å². The highest BCUT2D eigenvalue weighted by atomic mass is 16.3. The smallest absolute Gasteiger partial charge is 0.251 e. The van der Waals surface area contributed by atoms with Gasteiger partial charge in [-0.15, -0.1) is 0 Å². The van der Waals surface area contributed by atoms with Crippen LogP contribution in [0.4, 0.5) is 0 Å². The van der Waals surface area contributed by atoms with Crippen LogP contribution in [0.2, 0.25) is 0 Å². The lowest BCUT2D eigenvalue weighted by atomic mass is 9.93. The molecule has 19 heavy (non-hydrogen) atoms. The monoisotopic (exact) mass is 259 g/mol. The first kappa shape index (κ1) is 12.2. The Balaban J connectivity index is 1.69. The molecule has 1 aliphatic carbocycles. The molecule has 100 valence electrons. The standard InChI is InChI=1S/C14H17N3O2/c18-12-5-3-11(4-6-12)16-14(19)9-1-2-10-8-15-17-13(10)7-9/h1-2,7-8,11-12,18H,3-6H2,(H,15,17)(H,16,19). The van der Waals surface area contributed by atoms with E-state index in [2.05, 4.69) is 15.5 Å². The van der Waals surface area contributed by atoms with Gasteiger partial charge in [-0.3, -0.25) is 9.89 Å². The Morgan fingerprint density at radius 1 is 1.32 bits per heavy atom. The van der Waals surface area contributed by atoms with E-state index in [-0.39, 0.29) is 18.1 Å². The highest BCUT2D eigenvalue weighted by Crippen LogP contribution is 2.19. The third-order valence-electron chi connectivity index (χ3n) is 3.74. The third kappa shape index (κ3) is 2.61. The second-order valence-electron chi connectivity index (χ2n) is 5.15. The predicted molar refractivity (Wildman–Crippen MR) is 71.8 cm³/mol. The number of hydrogen-bond acceptors (Lipinski definition) is 3. The van der Waals surface area contributed by atoms with E-state index < -0.39 is 0 Å². The van der Waals surface area contributed by atoms with Crippen molar-refractivity contribution < 1.29 is 9.90 Å². The van der Waals surface area contributed by atoms with E-state index in [9.17, 15) is 9.90 Å². The summed E-state index contributed by atoms with van der Waals surface area (Å²) in [6.45, 7) is 0. The molecule has 5 nitrogen and oxygen atoms in total. The summed E-state index contributed by atoms with van der Waals surface area (Å²) in [7, 11) is 0. The molecule has 1 aromatic carbocycles. The molecule has 1 saturated carbocycles. The molecule has 2 aromatic rings. The van der Waals surface area contributed by atoms with E-state index in [1.54, 1.807) is 6.20 Å². The lowest BCUT2D eigenvalue weighted by Gasteiger charge is -2.26. The molecule has 0 atom stereocenters. The number of rotatable bonds is 2. The van der Waals surface area contributed by atoms with Crippen LogP contribution >= 0.6 is 0 Å². The molecule has 0 unspecified atom stereocenters. The molecular weight excluding hydrogens is 242 g/mol. The van der Waals surface area contributed by atoms with E-state index in [1.807, 2.05) is 18.2 Å². The molecule has 0 bridgehead atoms. The molecule has 1 aromatic heterocycles. The zero-order valence-corrected chi connectivity index (χ0v) is 10.6. The summed E-state index contributed by atoms with van der Waals surface area (Å²) in [5, 5.41) is 20.3. The van der Waals surface area contributed by atoms with Crippen LogP contribution in [0, 0.1) is 0 Å². The van der Waals surface area contributed by atoms with Gasteiger partial charge in [-0.25, -0.2) is 0 Å². The van der Waals surface area contributed by atoms with Gasteiger partial charge in [0.25, 0.3) is 5.91 Å². The Morgan fingerprint density at radius 2 is 2.11 bits per heavy atom. The first-order valence-electron chi connectivity index (χ1n) is 6.64. The van der Waals surface area contributed by atoms with Gasteiger partial charge in [-0.2, -0.15) is 5.10 Å². The number of benzene rings is 1. The van der Waals surface area contributed by atoms with Crippen molar-refractivity contribution in [2.75, 3.05) is 0 Å². The average Bonchev–Trinajstić information content (AvgIpc) is 2.88. The third-order valence-corrected chi connectivity index (χ3v) is 3.74.